The van der Waals surface area contributed by atoms with Crippen LogP contribution in [0.25, 0.3) is 0 Å². The molecule has 0 saturated carbocycles. The second-order valence-electron chi connectivity index (χ2n) is 1.39. The molecule has 49 valence electrons. The van der Waals surface area contributed by atoms with E-state index in [1.807, 2.05) is 0 Å². The third kappa shape index (κ3) is 2.14. The molecular formula is C4H5F4. The van der Waals surface area contributed by atoms with Crippen LogP contribution in [0.3, 0.4) is 0 Å². The van der Waals surface area contributed by atoms with Crippen molar-refractivity contribution in [3.05, 3.63) is 6.92 Å². The zero-order chi connectivity index (χ0) is 6.78. The Morgan fingerprint density at radius 2 is 1.75 bits per heavy atom. The van der Waals surface area contributed by atoms with E-state index < -0.39 is 18.8 Å². The lowest BCUT2D eigenvalue weighted by molar-refractivity contribution is -0.165. The fourth-order valence-corrected chi connectivity index (χ4v) is 0.0875. The molecule has 0 aliphatic rings. The standard InChI is InChI=1S/C4H5F4/c1-3(2-5)4(6,7)8/h3H,1-2H2. The van der Waals surface area contributed by atoms with E-state index in [1.165, 1.54) is 0 Å². The van der Waals surface area contributed by atoms with Gasteiger partial charge in [-0.25, -0.2) is 0 Å². The molecule has 0 aromatic carbocycles. The molecule has 0 aliphatic carbocycles. The van der Waals surface area contributed by atoms with Gasteiger partial charge in [0.2, 0.25) is 0 Å². The minimum atomic E-state index is -4.48. The molecule has 0 bridgehead atoms. The molecule has 0 amide bonds. The quantitative estimate of drug-likeness (QED) is 0.475. The van der Waals surface area contributed by atoms with Crippen LogP contribution in [0.15, 0.2) is 0 Å². The van der Waals surface area contributed by atoms with Gasteiger partial charge in [-0.1, -0.05) is 0 Å². The molecule has 1 atom stereocenters. The van der Waals surface area contributed by atoms with Crippen molar-refractivity contribution in [1.82, 2.24) is 0 Å². The van der Waals surface area contributed by atoms with Crippen molar-refractivity contribution in [2.24, 2.45) is 5.92 Å². The van der Waals surface area contributed by atoms with Crippen LogP contribution in [0.1, 0.15) is 0 Å². The van der Waals surface area contributed by atoms with Crippen LogP contribution in [-0.2, 0) is 0 Å². The predicted molar refractivity (Wildman–Crippen MR) is 20.9 cm³/mol. The van der Waals surface area contributed by atoms with Crippen LogP contribution in [0, 0.1) is 12.8 Å². The van der Waals surface area contributed by atoms with Crippen LogP contribution in [0.4, 0.5) is 17.6 Å². The predicted octanol–water partition coefficient (Wildman–Crippen LogP) is 1.97. The molecule has 0 spiro atoms. The summed E-state index contributed by atoms with van der Waals surface area (Å²) in [5, 5.41) is 0. The molecule has 0 aromatic rings. The summed E-state index contributed by atoms with van der Waals surface area (Å²) in [4.78, 5) is 0. The van der Waals surface area contributed by atoms with Gasteiger partial charge in [-0.2, -0.15) is 13.2 Å². The molecule has 0 saturated heterocycles. The highest BCUT2D eigenvalue weighted by atomic mass is 19.4. The monoisotopic (exact) mass is 129 g/mol. The maximum Gasteiger partial charge on any atom is 0.394 e. The van der Waals surface area contributed by atoms with E-state index in [1.54, 1.807) is 0 Å². The number of alkyl halides is 4. The van der Waals surface area contributed by atoms with Gasteiger partial charge in [0.25, 0.3) is 0 Å². The summed E-state index contributed by atoms with van der Waals surface area (Å²) in [7, 11) is 0. The highest BCUT2D eigenvalue weighted by molar-refractivity contribution is 4.67. The van der Waals surface area contributed by atoms with Crippen LogP contribution in [-0.4, -0.2) is 12.9 Å². The van der Waals surface area contributed by atoms with Crippen LogP contribution < -0.4 is 0 Å². The molecule has 8 heavy (non-hydrogen) atoms. The van der Waals surface area contributed by atoms with Crippen molar-refractivity contribution in [3.8, 4) is 0 Å². The van der Waals surface area contributed by atoms with E-state index in [4.69, 9.17) is 0 Å². The van der Waals surface area contributed by atoms with E-state index in [-0.39, 0.29) is 0 Å². The van der Waals surface area contributed by atoms with E-state index >= 15 is 0 Å². The van der Waals surface area contributed by atoms with Crippen molar-refractivity contribution in [2.45, 2.75) is 6.18 Å². The van der Waals surface area contributed by atoms with E-state index in [0.29, 0.717) is 0 Å². The van der Waals surface area contributed by atoms with Crippen molar-refractivity contribution in [3.63, 3.8) is 0 Å². The van der Waals surface area contributed by atoms with E-state index in [2.05, 4.69) is 6.92 Å². The van der Waals surface area contributed by atoms with E-state index in [0.717, 1.165) is 0 Å². The van der Waals surface area contributed by atoms with Gasteiger partial charge in [0.15, 0.2) is 0 Å². The molecule has 0 nitrogen and oxygen atoms in total. The first-order valence-corrected chi connectivity index (χ1v) is 1.94. The molecule has 0 fully saturated rings. The Morgan fingerprint density at radius 1 is 1.38 bits per heavy atom. The minimum absolute atomic E-state index is 1.44. The first-order chi connectivity index (χ1) is 3.48. The smallest absolute Gasteiger partial charge is 0.250 e. The molecule has 0 aliphatic heterocycles. The fraction of sp³-hybridized carbons (Fsp3) is 0.750. The first-order valence-electron chi connectivity index (χ1n) is 1.94. The number of hydrogen-bond donors (Lipinski definition) is 0. The minimum Gasteiger partial charge on any atom is -0.250 e. The molecule has 0 aromatic heterocycles. The Bertz CT molecular complexity index is 64.9. The maximum absolute atomic E-state index is 11.1. The lowest BCUT2D eigenvalue weighted by Crippen LogP contribution is -2.21. The molecule has 1 unspecified atom stereocenters. The zero-order valence-corrected chi connectivity index (χ0v) is 4.00. The van der Waals surface area contributed by atoms with Gasteiger partial charge >= 0.3 is 6.18 Å². The Morgan fingerprint density at radius 3 is 1.75 bits per heavy atom. The van der Waals surface area contributed by atoms with Gasteiger partial charge in [-0.3, -0.25) is 4.39 Å². The summed E-state index contributed by atoms with van der Waals surface area (Å²) in [5.74, 6) is -2.07. The number of rotatable bonds is 1. The van der Waals surface area contributed by atoms with Crippen LogP contribution in [0.2, 0.25) is 0 Å². The third-order valence-corrected chi connectivity index (χ3v) is 0.649. The lowest BCUT2D eigenvalue weighted by Gasteiger charge is -2.09. The summed E-state index contributed by atoms with van der Waals surface area (Å²) in [6.45, 7) is 1.09. The first kappa shape index (κ1) is 7.72. The average molecular weight is 129 g/mol. The van der Waals surface area contributed by atoms with Gasteiger partial charge in [0.1, 0.15) is 6.67 Å². The molecule has 0 N–H and O–H groups in total. The van der Waals surface area contributed by atoms with Crippen molar-refractivity contribution < 1.29 is 17.6 Å². The van der Waals surface area contributed by atoms with Crippen molar-refractivity contribution in [1.29, 1.82) is 0 Å². The second kappa shape index (κ2) is 2.33. The molecular weight excluding hydrogens is 124 g/mol. The molecule has 4 heteroatoms. The van der Waals surface area contributed by atoms with Gasteiger partial charge in [0.05, 0.1) is 5.92 Å². The third-order valence-electron chi connectivity index (χ3n) is 0.649. The number of halogens is 4. The highest BCUT2D eigenvalue weighted by Gasteiger charge is 2.35. The normalized spacial score (nSPS) is 16.1. The maximum atomic E-state index is 11.1. The second-order valence-corrected chi connectivity index (χ2v) is 1.39. The van der Waals surface area contributed by atoms with Gasteiger partial charge < -0.3 is 0 Å². The zero-order valence-electron chi connectivity index (χ0n) is 4.00. The lowest BCUT2D eigenvalue weighted by atomic mass is 10.2. The van der Waals surface area contributed by atoms with Crippen LogP contribution in [0.5, 0.6) is 0 Å². The molecule has 0 heterocycles. The number of hydrogen-bond acceptors (Lipinski definition) is 0. The van der Waals surface area contributed by atoms with E-state index in [9.17, 15) is 17.6 Å². The van der Waals surface area contributed by atoms with Gasteiger partial charge in [-0.05, 0) is 6.92 Å². The van der Waals surface area contributed by atoms with Gasteiger partial charge in [-0.15, -0.1) is 0 Å². The largest absolute Gasteiger partial charge is 0.394 e. The Balaban J connectivity index is 3.62. The fourth-order valence-electron chi connectivity index (χ4n) is 0.0875. The van der Waals surface area contributed by atoms with Crippen LogP contribution >= 0.6 is 0 Å². The topological polar surface area (TPSA) is 0 Å². The Labute approximate surface area is 44.5 Å². The molecule has 0 rings (SSSR count). The summed E-state index contributed by atoms with van der Waals surface area (Å²) in [5.41, 5.74) is 0. The van der Waals surface area contributed by atoms with Crippen molar-refractivity contribution in [2.75, 3.05) is 6.67 Å². The summed E-state index contributed by atoms with van der Waals surface area (Å²) >= 11 is 0. The Hall–Kier alpha value is -0.280. The SMILES string of the molecule is [CH2]C(CF)C(F)(F)F. The summed E-state index contributed by atoms with van der Waals surface area (Å²) < 4.78 is 44.5. The van der Waals surface area contributed by atoms with Crippen molar-refractivity contribution >= 4 is 0 Å². The summed E-state index contributed by atoms with van der Waals surface area (Å²) in [6.07, 6.45) is -4.48. The molecule has 1 radical (unpaired) electrons. The van der Waals surface area contributed by atoms with Gasteiger partial charge in [0, 0.05) is 0 Å². The highest BCUT2D eigenvalue weighted by Crippen LogP contribution is 2.25. The summed E-state index contributed by atoms with van der Waals surface area (Å²) in [6, 6.07) is 0. The average Bonchev–Trinajstić information content (AvgIpc) is 1.62. The Kier molecular flexibility index (Phi) is 2.25.